The molecule has 0 saturated carbocycles. The van der Waals surface area contributed by atoms with Crippen molar-refractivity contribution in [2.24, 2.45) is 5.41 Å². The van der Waals surface area contributed by atoms with Crippen molar-refractivity contribution < 1.29 is 22.3 Å². The molecule has 0 aromatic heterocycles. The SMILES string of the molecule is COC1=C(F)C(F)C(C)(C(C)Br)C(F)=C1F. The fourth-order valence-corrected chi connectivity index (χ4v) is 1.93. The molecular formula is C10H11BrF4O. The quantitative estimate of drug-likeness (QED) is 0.551. The van der Waals surface area contributed by atoms with E-state index < -0.39 is 39.7 Å². The molecule has 0 spiro atoms. The maximum absolute atomic E-state index is 13.8. The molecule has 0 N–H and O–H groups in total. The van der Waals surface area contributed by atoms with E-state index in [-0.39, 0.29) is 0 Å². The molecule has 0 fully saturated rings. The third kappa shape index (κ3) is 1.67. The Morgan fingerprint density at radius 1 is 1.38 bits per heavy atom. The van der Waals surface area contributed by atoms with E-state index in [2.05, 4.69) is 20.7 Å². The van der Waals surface area contributed by atoms with Gasteiger partial charge in [0.05, 0.1) is 12.5 Å². The van der Waals surface area contributed by atoms with Crippen LogP contribution in [0, 0.1) is 5.41 Å². The minimum absolute atomic E-state index is 0.773. The van der Waals surface area contributed by atoms with E-state index in [9.17, 15) is 17.6 Å². The number of hydrogen-bond acceptors (Lipinski definition) is 1. The highest BCUT2D eigenvalue weighted by Gasteiger charge is 2.52. The van der Waals surface area contributed by atoms with E-state index in [1.807, 2.05) is 0 Å². The van der Waals surface area contributed by atoms with Crippen LogP contribution in [0.25, 0.3) is 0 Å². The molecule has 0 heterocycles. The van der Waals surface area contributed by atoms with Crippen molar-refractivity contribution in [3.05, 3.63) is 23.2 Å². The first-order valence-corrected chi connectivity index (χ1v) is 5.47. The van der Waals surface area contributed by atoms with Crippen LogP contribution in [0.5, 0.6) is 0 Å². The van der Waals surface area contributed by atoms with Gasteiger partial charge in [0.15, 0.2) is 23.6 Å². The topological polar surface area (TPSA) is 9.23 Å². The molecule has 92 valence electrons. The third-order valence-corrected chi connectivity index (χ3v) is 3.81. The van der Waals surface area contributed by atoms with Crippen LogP contribution in [0.4, 0.5) is 17.6 Å². The van der Waals surface area contributed by atoms with Gasteiger partial charge in [-0.05, 0) is 6.92 Å². The predicted octanol–water partition coefficient (Wildman–Crippen LogP) is 4.11. The lowest BCUT2D eigenvalue weighted by molar-refractivity contribution is 0.110. The lowest BCUT2D eigenvalue weighted by Gasteiger charge is -2.36. The average molecular weight is 303 g/mol. The molecule has 3 atom stereocenters. The molecule has 1 aliphatic rings. The fourth-order valence-electron chi connectivity index (χ4n) is 1.49. The highest BCUT2D eigenvalue weighted by atomic mass is 79.9. The van der Waals surface area contributed by atoms with E-state index in [0.717, 1.165) is 14.0 Å². The van der Waals surface area contributed by atoms with Crippen molar-refractivity contribution in [3.63, 3.8) is 0 Å². The van der Waals surface area contributed by atoms with Crippen molar-refractivity contribution in [2.45, 2.75) is 24.8 Å². The van der Waals surface area contributed by atoms with E-state index in [1.54, 1.807) is 0 Å². The summed E-state index contributed by atoms with van der Waals surface area (Å²) in [6.45, 7) is 2.53. The lowest BCUT2D eigenvalue weighted by atomic mass is 9.77. The highest BCUT2D eigenvalue weighted by Crippen LogP contribution is 2.50. The molecule has 0 aromatic carbocycles. The number of allylic oxidation sites excluding steroid dienone is 3. The lowest BCUT2D eigenvalue weighted by Crippen LogP contribution is -2.40. The molecule has 1 nitrogen and oxygen atoms in total. The van der Waals surface area contributed by atoms with Crippen LogP contribution in [-0.2, 0) is 4.74 Å². The minimum atomic E-state index is -2.28. The van der Waals surface area contributed by atoms with Crippen molar-refractivity contribution in [1.82, 2.24) is 0 Å². The summed E-state index contributed by atoms with van der Waals surface area (Å²) in [6, 6.07) is 0. The first-order chi connectivity index (χ1) is 7.28. The minimum Gasteiger partial charge on any atom is -0.491 e. The molecule has 0 bridgehead atoms. The van der Waals surface area contributed by atoms with Crippen LogP contribution < -0.4 is 0 Å². The second-order valence-corrected chi connectivity index (χ2v) is 5.14. The van der Waals surface area contributed by atoms with Gasteiger partial charge in [-0.25, -0.2) is 13.2 Å². The largest absolute Gasteiger partial charge is 0.491 e. The summed E-state index contributed by atoms with van der Waals surface area (Å²) in [4.78, 5) is -0.773. The van der Waals surface area contributed by atoms with Crippen molar-refractivity contribution in [1.29, 1.82) is 0 Å². The Balaban J connectivity index is 3.40. The van der Waals surface area contributed by atoms with Crippen LogP contribution in [0.3, 0.4) is 0 Å². The van der Waals surface area contributed by atoms with Gasteiger partial charge in [0, 0.05) is 4.83 Å². The molecule has 0 amide bonds. The Morgan fingerprint density at radius 3 is 2.25 bits per heavy atom. The third-order valence-electron chi connectivity index (χ3n) is 2.86. The normalized spacial score (nSPS) is 33.1. The summed E-state index contributed by atoms with van der Waals surface area (Å²) in [7, 11) is 0.953. The molecule has 0 aromatic rings. The number of ether oxygens (including phenoxy) is 1. The number of halogens is 5. The van der Waals surface area contributed by atoms with Gasteiger partial charge < -0.3 is 4.74 Å². The summed E-state index contributed by atoms with van der Waals surface area (Å²) in [6.07, 6.45) is -2.28. The van der Waals surface area contributed by atoms with Crippen LogP contribution in [0.1, 0.15) is 13.8 Å². The van der Waals surface area contributed by atoms with Gasteiger partial charge >= 0.3 is 0 Å². The molecule has 0 saturated heterocycles. The van der Waals surface area contributed by atoms with Crippen LogP contribution in [-0.4, -0.2) is 18.1 Å². The van der Waals surface area contributed by atoms with Gasteiger partial charge in [0.2, 0.25) is 0 Å². The van der Waals surface area contributed by atoms with Gasteiger partial charge in [-0.2, -0.15) is 4.39 Å². The van der Waals surface area contributed by atoms with E-state index in [0.29, 0.717) is 0 Å². The van der Waals surface area contributed by atoms with E-state index in [1.165, 1.54) is 6.92 Å². The zero-order valence-electron chi connectivity index (χ0n) is 8.95. The first kappa shape index (κ1) is 13.5. The Labute approximate surface area is 99.3 Å². The zero-order chi connectivity index (χ0) is 12.7. The summed E-state index contributed by atoms with van der Waals surface area (Å²) in [5.41, 5.74) is -1.91. The van der Waals surface area contributed by atoms with Gasteiger partial charge in [-0.3, -0.25) is 0 Å². The Kier molecular flexibility index (Phi) is 3.72. The van der Waals surface area contributed by atoms with Crippen molar-refractivity contribution in [3.8, 4) is 0 Å². The van der Waals surface area contributed by atoms with Gasteiger partial charge in [0.1, 0.15) is 5.83 Å². The second kappa shape index (κ2) is 4.39. The highest BCUT2D eigenvalue weighted by molar-refractivity contribution is 9.09. The molecule has 0 radical (unpaired) electrons. The summed E-state index contributed by atoms with van der Waals surface area (Å²) in [5.74, 6) is -5.25. The van der Waals surface area contributed by atoms with Crippen molar-refractivity contribution >= 4 is 15.9 Å². The van der Waals surface area contributed by atoms with Crippen LogP contribution in [0.2, 0.25) is 0 Å². The van der Waals surface area contributed by atoms with Gasteiger partial charge in [-0.15, -0.1) is 0 Å². The van der Waals surface area contributed by atoms with Gasteiger partial charge in [-0.1, -0.05) is 22.9 Å². The van der Waals surface area contributed by atoms with Gasteiger partial charge in [0.25, 0.3) is 0 Å². The number of methoxy groups -OCH3 is 1. The Morgan fingerprint density at radius 2 is 1.88 bits per heavy atom. The summed E-state index contributed by atoms with van der Waals surface area (Å²) in [5, 5.41) is 0. The standard InChI is InChI=1S/C10H11BrF4O/c1-4(11)10(2)8(14)5(12)7(16-3)6(13)9(10)15/h4,8H,1-3H3. The number of alkyl halides is 2. The molecule has 0 aliphatic heterocycles. The summed E-state index contributed by atoms with van der Waals surface area (Å²) >= 11 is 2.96. The monoisotopic (exact) mass is 302 g/mol. The average Bonchev–Trinajstić information content (AvgIpc) is 2.24. The zero-order valence-corrected chi connectivity index (χ0v) is 10.5. The smallest absolute Gasteiger partial charge is 0.199 e. The van der Waals surface area contributed by atoms with Crippen LogP contribution in [0.15, 0.2) is 23.2 Å². The van der Waals surface area contributed by atoms with Crippen molar-refractivity contribution in [2.75, 3.05) is 7.11 Å². The maximum Gasteiger partial charge on any atom is 0.199 e. The molecule has 6 heteroatoms. The molecule has 1 aliphatic carbocycles. The van der Waals surface area contributed by atoms with E-state index in [4.69, 9.17) is 0 Å². The van der Waals surface area contributed by atoms with Crippen LogP contribution >= 0.6 is 15.9 Å². The number of hydrogen-bond donors (Lipinski definition) is 0. The summed E-state index contributed by atoms with van der Waals surface area (Å²) < 4.78 is 58.6. The fraction of sp³-hybridized carbons (Fsp3) is 0.600. The molecule has 16 heavy (non-hydrogen) atoms. The Bertz CT molecular complexity index is 364. The predicted molar refractivity (Wildman–Crippen MR) is 55.8 cm³/mol. The Hall–Kier alpha value is -0.520. The first-order valence-electron chi connectivity index (χ1n) is 4.56. The molecular weight excluding hydrogens is 292 g/mol. The molecule has 3 unspecified atom stereocenters. The maximum atomic E-state index is 13.8. The number of rotatable bonds is 2. The van der Waals surface area contributed by atoms with E-state index >= 15 is 0 Å². The second-order valence-electron chi connectivity index (χ2n) is 3.77. The molecule has 1 rings (SSSR count).